The number of hydrogen-bond donors (Lipinski definition) is 2. The van der Waals surface area contributed by atoms with Crippen LogP contribution >= 0.6 is 0 Å². The third-order valence-corrected chi connectivity index (χ3v) is 2.73. The van der Waals surface area contributed by atoms with Crippen LogP contribution in [0.25, 0.3) is 0 Å². The van der Waals surface area contributed by atoms with E-state index in [1.165, 1.54) is 0 Å². The van der Waals surface area contributed by atoms with Gasteiger partial charge in [0.2, 0.25) is 11.8 Å². The minimum absolute atomic E-state index is 0.00800. The Bertz CT molecular complexity index is 393. The number of anilines is 1. The summed E-state index contributed by atoms with van der Waals surface area (Å²) >= 11 is 0. The van der Waals surface area contributed by atoms with E-state index in [0.29, 0.717) is 19.0 Å². The van der Waals surface area contributed by atoms with Crippen LogP contribution < -0.4 is 10.6 Å². The van der Waals surface area contributed by atoms with Crippen molar-refractivity contribution in [3.05, 3.63) is 5.89 Å². The Balaban J connectivity index is 2.46. The number of carbonyl (C=O) groups excluding carboxylic acids is 1. The third-order valence-electron chi connectivity index (χ3n) is 2.73. The molecule has 1 aromatic heterocycles. The van der Waals surface area contributed by atoms with Gasteiger partial charge in [0.15, 0.2) is 0 Å². The molecule has 0 aromatic carbocycles. The summed E-state index contributed by atoms with van der Waals surface area (Å²) in [6, 6.07) is -0.111. The molecule has 108 valence electrons. The molecule has 1 amide bonds. The fraction of sp³-hybridized carbons (Fsp3) is 0.750. The van der Waals surface area contributed by atoms with Crippen molar-refractivity contribution in [3.63, 3.8) is 0 Å². The molecule has 0 fully saturated rings. The van der Waals surface area contributed by atoms with Crippen LogP contribution in [-0.2, 0) is 11.3 Å². The van der Waals surface area contributed by atoms with Crippen molar-refractivity contribution >= 4 is 11.9 Å². The second-order valence-corrected chi connectivity index (χ2v) is 4.40. The van der Waals surface area contributed by atoms with Crippen molar-refractivity contribution in [3.8, 4) is 0 Å². The van der Waals surface area contributed by atoms with Crippen LogP contribution in [0.15, 0.2) is 4.42 Å². The van der Waals surface area contributed by atoms with Gasteiger partial charge in [-0.3, -0.25) is 4.79 Å². The van der Waals surface area contributed by atoms with Crippen LogP contribution in [0.1, 0.15) is 33.1 Å². The predicted molar refractivity (Wildman–Crippen MR) is 72.7 cm³/mol. The molecule has 0 saturated heterocycles. The van der Waals surface area contributed by atoms with Gasteiger partial charge in [-0.2, -0.15) is 0 Å². The van der Waals surface area contributed by atoms with Crippen LogP contribution in [0.2, 0.25) is 0 Å². The Hall–Kier alpha value is -1.63. The monoisotopic (exact) mass is 269 g/mol. The van der Waals surface area contributed by atoms with Crippen LogP contribution in [0, 0.1) is 0 Å². The Labute approximate surface area is 113 Å². The highest BCUT2D eigenvalue weighted by atomic mass is 16.4. The first-order valence-electron chi connectivity index (χ1n) is 6.63. The Morgan fingerprint density at radius 3 is 2.79 bits per heavy atom. The van der Waals surface area contributed by atoms with Gasteiger partial charge in [0.05, 0.1) is 6.54 Å². The van der Waals surface area contributed by atoms with Gasteiger partial charge in [-0.15, -0.1) is 5.10 Å². The summed E-state index contributed by atoms with van der Waals surface area (Å²) in [5.74, 6) is 0.505. The minimum atomic E-state index is -0.387. The highest BCUT2D eigenvalue weighted by Crippen LogP contribution is 2.07. The molecular formula is C12H23N5O2. The lowest BCUT2D eigenvalue weighted by atomic mass is 10.3. The van der Waals surface area contributed by atoms with E-state index in [4.69, 9.17) is 4.42 Å². The van der Waals surface area contributed by atoms with Gasteiger partial charge in [0.25, 0.3) is 0 Å². The zero-order chi connectivity index (χ0) is 14.3. The summed E-state index contributed by atoms with van der Waals surface area (Å²) in [7, 11) is 1.76. The number of amides is 1. The first-order chi connectivity index (χ1) is 9.08. The van der Waals surface area contributed by atoms with Crippen molar-refractivity contribution in [2.24, 2.45) is 0 Å². The standard InChI is InChI=1S/C12H23N5O2/c1-5-7-13-8-10-15-16-12(19-10)14-9(3)11(18)17(4)6-2/h9,13H,5-8H2,1-4H3,(H,14,16). The lowest BCUT2D eigenvalue weighted by molar-refractivity contribution is -0.130. The molecule has 0 aliphatic rings. The van der Waals surface area contributed by atoms with Gasteiger partial charge >= 0.3 is 6.01 Å². The molecule has 1 heterocycles. The molecule has 0 aliphatic carbocycles. The second kappa shape index (κ2) is 7.73. The molecule has 1 unspecified atom stereocenters. The number of rotatable bonds is 8. The number of aromatic nitrogens is 2. The molecule has 2 N–H and O–H groups in total. The zero-order valence-corrected chi connectivity index (χ0v) is 12.1. The third kappa shape index (κ3) is 4.86. The number of carbonyl (C=O) groups is 1. The number of nitrogens with zero attached hydrogens (tertiary/aromatic N) is 3. The normalized spacial score (nSPS) is 12.2. The lowest BCUT2D eigenvalue weighted by Crippen LogP contribution is -2.38. The smallest absolute Gasteiger partial charge is 0.316 e. The van der Waals surface area contributed by atoms with E-state index in [2.05, 4.69) is 27.8 Å². The molecule has 0 bridgehead atoms. The zero-order valence-electron chi connectivity index (χ0n) is 12.1. The average Bonchev–Trinajstić information content (AvgIpc) is 2.84. The molecule has 0 aliphatic heterocycles. The second-order valence-electron chi connectivity index (χ2n) is 4.40. The molecule has 7 nitrogen and oxygen atoms in total. The van der Waals surface area contributed by atoms with Gasteiger partial charge in [-0.05, 0) is 26.8 Å². The highest BCUT2D eigenvalue weighted by Gasteiger charge is 2.18. The Kier molecular flexibility index (Phi) is 6.27. The molecule has 1 aromatic rings. The van der Waals surface area contributed by atoms with E-state index in [0.717, 1.165) is 13.0 Å². The molecular weight excluding hydrogens is 246 g/mol. The molecule has 0 spiro atoms. The molecule has 0 radical (unpaired) electrons. The van der Waals surface area contributed by atoms with Crippen LogP contribution in [-0.4, -0.2) is 47.2 Å². The molecule has 1 atom stereocenters. The van der Waals surface area contributed by atoms with E-state index in [1.54, 1.807) is 18.9 Å². The maximum Gasteiger partial charge on any atom is 0.316 e. The van der Waals surface area contributed by atoms with Crippen molar-refractivity contribution in [1.29, 1.82) is 0 Å². The topological polar surface area (TPSA) is 83.3 Å². The highest BCUT2D eigenvalue weighted by molar-refractivity contribution is 5.83. The van der Waals surface area contributed by atoms with E-state index < -0.39 is 0 Å². The summed E-state index contributed by atoms with van der Waals surface area (Å²) in [6.07, 6.45) is 1.05. The van der Waals surface area contributed by atoms with Gasteiger partial charge in [-0.25, -0.2) is 0 Å². The largest absolute Gasteiger partial charge is 0.407 e. The maximum atomic E-state index is 11.9. The van der Waals surface area contributed by atoms with Gasteiger partial charge in [0.1, 0.15) is 6.04 Å². The predicted octanol–water partition coefficient (Wildman–Crippen LogP) is 0.848. The van der Waals surface area contributed by atoms with Crippen LogP contribution in [0.4, 0.5) is 6.01 Å². The van der Waals surface area contributed by atoms with E-state index in [-0.39, 0.29) is 18.0 Å². The summed E-state index contributed by atoms with van der Waals surface area (Å²) in [4.78, 5) is 13.5. The summed E-state index contributed by atoms with van der Waals surface area (Å²) in [6.45, 7) is 7.90. The molecule has 19 heavy (non-hydrogen) atoms. The minimum Gasteiger partial charge on any atom is -0.407 e. The summed E-state index contributed by atoms with van der Waals surface area (Å²) in [5.41, 5.74) is 0. The van der Waals surface area contributed by atoms with Crippen molar-refractivity contribution in [2.45, 2.75) is 39.8 Å². The van der Waals surface area contributed by atoms with E-state index in [1.807, 2.05) is 6.92 Å². The molecule has 1 rings (SSSR count). The first-order valence-corrected chi connectivity index (χ1v) is 6.63. The summed E-state index contributed by atoms with van der Waals surface area (Å²) < 4.78 is 5.40. The van der Waals surface area contributed by atoms with Crippen molar-refractivity contribution in [1.82, 2.24) is 20.4 Å². The van der Waals surface area contributed by atoms with Crippen molar-refractivity contribution < 1.29 is 9.21 Å². The maximum absolute atomic E-state index is 11.9. The average molecular weight is 269 g/mol. The SMILES string of the molecule is CCCNCc1nnc(NC(C)C(=O)N(C)CC)o1. The lowest BCUT2D eigenvalue weighted by Gasteiger charge is -2.19. The first kappa shape index (κ1) is 15.4. The Morgan fingerprint density at radius 1 is 1.42 bits per heavy atom. The van der Waals surface area contributed by atoms with Gasteiger partial charge in [-0.1, -0.05) is 12.0 Å². The fourth-order valence-electron chi connectivity index (χ4n) is 1.49. The van der Waals surface area contributed by atoms with E-state index >= 15 is 0 Å². The Morgan fingerprint density at radius 2 is 2.16 bits per heavy atom. The van der Waals surface area contributed by atoms with Crippen LogP contribution in [0.5, 0.6) is 0 Å². The number of hydrogen-bond acceptors (Lipinski definition) is 6. The van der Waals surface area contributed by atoms with E-state index in [9.17, 15) is 4.79 Å². The number of nitrogens with one attached hydrogen (secondary N) is 2. The molecule has 7 heteroatoms. The summed E-state index contributed by atoms with van der Waals surface area (Å²) in [5, 5.41) is 13.8. The van der Waals surface area contributed by atoms with Gasteiger partial charge < -0.3 is 20.0 Å². The van der Waals surface area contributed by atoms with Crippen LogP contribution in [0.3, 0.4) is 0 Å². The quantitative estimate of drug-likeness (QED) is 0.681. The van der Waals surface area contributed by atoms with Gasteiger partial charge in [0, 0.05) is 13.6 Å². The van der Waals surface area contributed by atoms with Crippen molar-refractivity contribution in [2.75, 3.05) is 25.5 Å². The number of likely N-dealkylation sites (N-methyl/N-ethyl adjacent to an activating group) is 1. The molecule has 0 saturated carbocycles. The fourth-order valence-corrected chi connectivity index (χ4v) is 1.49.